The van der Waals surface area contributed by atoms with Crippen LogP contribution in [-0.2, 0) is 10.0 Å². The van der Waals surface area contributed by atoms with Crippen LogP contribution in [-0.4, -0.2) is 25.2 Å². The molecule has 16 heavy (non-hydrogen) atoms. The highest BCUT2D eigenvalue weighted by Gasteiger charge is 2.13. The lowest BCUT2D eigenvalue weighted by atomic mass is 10.1. The maximum Gasteiger partial charge on any atom is 0.233 e. The van der Waals surface area contributed by atoms with Gasteiger partial charge in [0, 0.05) is 11.4 Å². The summed E-state index contributed by atoms with van der Waals surface area (Å²) in [7, 11) is -3.43. The van der Waals surface area contributed by atoms with Crippen LogP contribution < -0.4 is 4.72 Å². The normalized spacial score (nSPS) is 11.4. The Hall–Kier alpha value is -0.940. The molecular weight excluding hydrogens is 250 g/mol. The van der Waals surface area contributed by atoms with Gasteiger partial charge in [0.2, 0.25) is 10.0 Å². The first kappa shape index (κ1) is 13.1. The summed E-state index contributed by atoms with van der Waals surface area (Å²) >= 11 is 5.38. The number of aryl methyl sites for hydroxylation is 1. The van der Waals surface area contributed by atoms with Crippen molar-refractivity contribution < 1.29 is 13.5 Å². The molecule has 2 N–H and O–H groups in total. The van der Waals surface area contributed by atoms with Gasteiger partial charge >= 0.3 is 0 Å². The summed E-state index contributed by atoms with van der Waals surface area (Å²) in [6.07, 6.45) is 0. The van der Waals surface area contributed by atoms with E-state index in [9.17, 15) is 13.5 Å². The van der Waals surface area contributed by atoms with Crippen LogP contribution in [0.2, 0.25) is 0 Å². The van der Waals surface area contributed by atoms with Crippen molar-refractivity contribution in [2.75, 3.05) is 16.4 Å². The zero-order valence-electron chi connectivity index (χ0n) is 9.12. The first-order chi connectivity index (χ1) is 7.37. The summed E-state index contributed by atoms with van der Waals surface area (Å²) in [5, 5.41) is 9.65. The van der Waals surface area contributed by atoms with Crippen LogP contribution in [0.1, 0.15) is 11.1 Å². The molecule has 1 aromatic rings. The number of halogens is 1. The Labute approximate surface area is 100 Å². The highest BCUT2D eigenvalue weighted by Crippen LogP contribution is 2.28. The molecule has 0 aliphatic heterocycles. The number of sulfonamides is 1. The Bertz CT molecular complexity index is 485. The van der Waals surface area contributed by atoms with Gasteiger partial charge in [0.05, 0.1) is 11.4 Å². The summed E-state index contributed by atoms with van der Waals surface area (Å²) < 4.78 is 25.3. The third-order valence-corrected chi connectivity index (χ3v) is 3.93. The molecule has 0 fully saturated rings. The van der Waals surface area contributed by atoms with Gasteiger partial charge in [0.15, 0.2) is 0 Å². The second-order valence-electron chi connectivity index (χ2n) is 3.51. The number of nitrogens with one attached hydrogen (secondary N) is 1. The van der Waals surface area contributed by atoms with E-state index in [2.05, 4.69) is 4.72 Å². The van der Waals surface area contributed by atoms with E-state index in [1.807, 2.05) is 0 Å². The number of aromatic hydroxyl groups is 1. The standard InChI is InChI=1S/C10H14ClNO3S/c1-7-3-4-9(8(2)10(7)13)12-16(14,15)6-5-11/h3-4,12-13H,5-6H2,1-2H3. The Morgan fingerprint density at radius 2 is 2.00 bits per heavy atom. The molecule has 0 heterocycles. The molecule has 0 amide bonds. The fourth-order valence-corrected chi connectivity index (χ4v) is 2.74. The van der Waals surface area contributed by atoms with E-state index in [0.29, 0.717) is 16.8 Å². The molecule has 0 aliphatic rings. The number of rotatable bonds is 4. The third-order valence-electron chi connectivity index (χ3n) is 2.24. The van der Waals surface area contributed by atoms with E-state index < -0.39 is 10.0 Å². The molecule has 0 atom stereocenters. The predicted molar refractivity (Wildman–Crippen MR) is 65.7 cm³/mol. The Morgan fingerprint density at radius 1 is 1.38 bits per heavy atom. The largest absolute Gasteiger partial charge is 0.507 e. The minimum Gasteiger partial charge on any atom is -0.507 e. The topological polar surface area (TPSA) is 66.4 Å². The smallest absolute Gasteiger partial charge is 0.233 e. The lowest BCUT2D eigenvalue weighted by Crippen LogP contribution is -2.18. The minimum absolute atomic E-state index is 0.0340. The van der Waals surface area contributed by atoms with E-state index in [1.165, 1.54) is 0 Å². The number of phenols is 1. The number of benzene rings is 1. The van der Waals surface area contributed by atoms with Crippen LogP contribution >= 0.6 is 11.6 Å². The van der Waals surface area contributed by atoms with Gasteiger partial charge in [-0.3, -0.25) is 4.72 Å². The van der Waals surface area contributed by atoms with Crippen molar-refractivity contribution in [1.82, 2.24) is 0 Å². The second kappa shape index (κ2) is 4.93. The molecule has 0 bridgehead atoms. The van der Waals surface area contributed by atoms with Gasteiger partial charge in [-0.05, 0) is 25.5 Å². The van der Waals surface area contributed by atoms with E-state index in [1.54, 1.807) is 26.0 Å². The Kier molecular flexibility index (Phi) is 4.04. The first-order valence-corrected chi connectivity index (χ1v) is 6.91. The zero-order chi connectivity index (χ0) is 12.3. The van der Waals surface area contributed by atoms with Gasteiger partial charge in [-0.15, -0.1) is 11.6 Å². The van der Waals surface area contributed by atoms with Crippen LogP contribution in [0.25, 0.3) is 0 Å². The molecular formula is C10H14ClNO3S. The van der Waals surface area contributed by atoms with Crippen molar-refractivity contribution in [3.8, 4) is 5.75 Å². The number of anilines is 1. The lowest BCUT2D eigenvalue weighted by molar-refractivity contribution is 0.467. The summed E-state index contributed by atoms with van der Waals surface area (Å²) in [6.45, 7) is 3.40. The van der Waals surface area contributed by atoms with Gasteiger partial charge in [-0.25, -0.2) is 8.42 Å². The van der Waals surface area contributed by atoms with Crippen LogP contribution in [0.4, 0.5) is 5.69 Å². The molecule has 0 unspecified atom stereocenters. The average Bonchev–Trinajstić information content (AvgIpc) is 2.19. The highest BCUT2D eigenvalue weighted by molar-refractivity contribution is 7.92. The molecule has 0 aliphatic carbocycles. The van der Waals surface area contributed by atoms with Gasteiger partial charge < -0.3 is 5.11 Å². The summed E-state index contributed by atoms with van der Waals surface area (Å²) in [5.41, 5.74) is 1.60. The number of alkyl halides is 1. The number of hydrogen-bond donors (Lipinski definition) is 2. The van der Waals surface area contributed by atoms with E-state index in [4.69, 9.17) is 11.6 Å². The molecule has 1 rings (SSSR count). The van der Waals surface area contributed by atoms with Crippen molar-refractivity contribution in [3.63, 3.8) is 0 Å². The van der Waals surface area contributed by atoms with Crippen molar-refractivity contribution >= 4 is 27.3 Å². The van der Waals surface area contributed by atoms with Crippen LogP contribution in [0.3, 0.4) is 0 Å². The summed E-state index contributed by atoms with van der Waals surface area (Å²) in [4.78, 5) is 0. The van der Waals surface area contributed by atoms with E-state index in [-0.39, 0.29) is 17.4 Å². The molecule has 90 valence electrons. The van der Waals surface area contributed by atoms with Gasteiger partial charge in [0.25, 0.3) is 0 Å². The third kappa shape index (κ3) is 3.02. The molecule has 0 radical (unpaired) electrons. The van der Waals surface area contributed by atoms with Crippen molar-refractivity contribution in [3.05, 3.63) is 23.3 Å². The summed E-state index contributed by atoms with van der Waals surface area (Å²) in [5.74, 6) is -0.0134. The fraction of sp³-hybridized carbons (Fsp3) is 0.400. The highest BCUT2D eigenvalue weighted by atomic mass is 35.5. The molecule has 0 saturated heterocycles. The first-order valence-electron chi connectivity index (χ1n) is 4.73. The van der Waals surface area contributed by atoms with Gasteiger partial charge in [0.1, 0.15) is 5.75 Å². The monoisotopic (exact) mass is 263 g/mol. The maximum absolute atomic E-state index is 11.5. The van der Waals surface area contributed by atoms with Crippen molar-refractivity contribution in [2.24, 2.45) is 0 Å². The summed E-state index contributed by atoms with van der Waals surface area (Å²) in [6, 6.07) is 3.27. The fourth-order valence-electron chi connectivity index (χ4n) is 1.27. The Balaban J connectivity index is 3.04. The van der Waals surface area contributed by atoms with Crippen molar-refractivity contribution in [1.29, 1.82) is 0 Å². The molecule has 0 saturated carbocycles. The van der Waals surface area contributed by atoms with E-state index >= 15 is 0 Å². The molecule has 0 aromatic heterocycles. The van der Waals surface area contributed by atoms with Gasteiger partial charge in [-0.1, -0.05) is 6.07 Å². The second-order valence-corrected chi connectivity index (χ2v) is 5.73. The van der Waals surface area contributed by atoms with Crippen LogP contribution in [0.15, 0.2) is 12.1 Å². The minimum atomic E-state index is -3.43. The number of hydrogen-bond acceptors (Lipinski definition) is 3. The van der Waals surface area contributed by atoms with Crippen LogP contribution in [0, 0.1) is 13.8 Å². The number of phenolic OH excluding ortho intramolecular Hbond substituents is 1. The lowest BCUT2D eigenvalue weighted by Gasteiger charge is -2.12. The molecule has 6 heteroatoms. The van der Waals surface area contributed by atoms with E-state index in [0.717, 1.165) is 0 Å². The van der Waals surface area contributed by atoms with Crippen molar-refractivity contribution in [2.45, 2.75) is 13.8 Å². The predicted octanol–water partition coefficient (Wildman–Crippen LogP) is 1.99. The van der Waals surface area contributed by atoms with Gasteiger partial charge in [-0.2, -0.15) is 0 Å². The van der Waals surface area contributed by atoms with Crippen LogP contribution in [0.5, 0.6) is 5.75 Å². The maximum atomic E-state index is 11.5. The zero-order valence-corrected chi connectivity index (χ0v) is 10.7. The molecule has 0 spiro atoms. The Morgan fingerprint density at radius 3 is 2.56 bits per heavy atom. The quantitative estimate of drug-likeness (QED) is 0.817. The molecule has 1 aromatic carbocycles. The SMILES string of the molecule is Cc1ccc(NS(=O)(=O)CCCl)c(C)c1O. The average molecular weight is 264 g/mol. The molecule has 4 nitrogen and oxygen atoms in total.